The van der Waals surface area contributed by atoms with Crippen LogP contribution < -0.4 is 0 Å². The van der Waals surface area contributed by atoms with Crippen molar-refractivity contribution in [3.05, 3.63) is 96.2 Å². The molecule has 1 heterocycles. The summed E-state index contributed by atoms with van der Waals surface area (Å²) in [6.45, 7) is 2.25. The standard InChI is InChI=1S/C15H14N.C5H5.Fe/c1-11(12-6-2-3-7-12)14-10-16-15-9-5-4-8-13(14)15;1-2-4-5-3-1;/h2-11,16H,1H3;1-5H;/q2*-1;+2. The van der Waals surface area contributed by atoms with Crippen molar-refractivity contribution < 1.29 is 17.1 Å². The van der Waals surface area contributed by atoms with E-state index in [-0.39, 0.29) is 17.1 Å². The molecule has 0 spiro atoms. The second-order valence-corrected chi connectivity index (χ2v) is 5.19. The first-order valence-electron chi connectivity index (χ1n) is 7.30. The first kappa shape index (κ1) is 16.4. The van der Waals surface area contributed by atoms with E-state index in [1.54, 1.807) is 0 Å². The summed E-state index contributed by atoms with van der Waals surface area (Å²) in [6.07, 6.45) is 2.13. The van der Waals surface area contributed by atoms with Crippen LogP contribution in [0.25, 0.3) is 10.9 Å². The van der Waals surface area contributed by atoms with Crippen molar-refractivity contribution in [1.29, 1.82) is 0 Å². The van der Waals surface area contributed by atoms with E-state index in [0.29, 0.717) is 5.92 Å². The van der Waals surface area contributed by atoms with Gasteiger partial charge in [0.05, 0.1) is 0 Å². The Morgan fingerprint density at radius 3 is 2.32 bits per heavy atom. The minimum atomic E-state index is 0. The molecule has 1 nitrogen and oxygen atoms in total. The largest absolute Gasteiger partial charge is 2.00 e. The number of hydrogen-bond donors (Lipinski definition) is 1. The van der Waals surface area contributed by atoms with Gasteiger partial charge in [0.2, 0.25) is 0 Å². The number of H-pyrrole nitrogens is 1. The summed E-state index contributed by atoms with van der Waals surface area (Å²) in [6, 6.07) is 27.0. The molecule has 0 radical (unpaired) electrons. The third-order valence-electron chi connectivity index (χ3n) is 3.83. The van der Waals surface area contributed by atoms with Crippen LogP contribution >= 0.6 is 0 Å². The van der Waals surface area contributed by atoms with Gasteiger partial charge in [0.25, 0.3) is 0 Å². The van der Waals surface area contributed by atoms with E-state index in [2.05, 4.69) is 66.6 Å². The normalized spacial score (nSPS) is 11.3. The number of benzene rings is 1. The van der Waals surface area contributed by atoms with E-state index < -0.39 is 0 Å². The molecule has 112 valence electrons. The van der Waals surface area contributed by atoms with Gasteiger partial charge in [0, 0.05) is 17.1 Å². The molecule has 0 bridgehead atoms. The Morgan fingerprint density at radius 1 is 0.909 bits per heavy atom. The van der Waals surface area contributed by atoms with E-state index in [4.69, 9.17) is 0 Å². The van der Waals surface area contributed by atoms with Crippen molar-refractivity contribution in [3.8, 4) is 0 Å². The molecule has 22 heavy (non-hydrogen) atoms. The summed E-state index contributed by atoms with van der Waals surface area (Å²) in [5, 5.41) is 1.33. The number of fused-ring (bicyclic) bond motifs is 1. The van der Waals surface area contributed by atoms with Gasteiger partial charge in [-0.3, -0.25) is 0 Å². The predicted molar refractivity (Wildman–Crippen MR) is 89.9 cm³/mol. The molecule has 0 aliphatic carbocycles. The quantitative estimate of drug-likeness (QED) is 0.372. The topological polar surface area (TPSA) is 15.8 Å². The second kappa shape index (κ2) is 7.84. The molecule has 0 aliphatic heterocycles. The zero-order chi connectivity index (χ0) is 14.5. The first-order valence-corrected chi connectivity index (χ1v) is 7.30. The van der Waals surface area contributed by atoms with Crippen molar-refractivity contribution in [2.45, 2.75) is 12.8 Å². The van der Waals surface area contributed by atoms with E-state index >= 15 is 0 Å². The first-order chi connectivity index (χ1) is 10.4. The van der Waals surface area contributed by atoms with E-state index in [1.807, 2.05) is 30.3 Å². The van der Waals surface area contributed by atoms with Crippen LogP contribution in [0.15, 0.2) is 85.1 Å². The van der Waals surface area contributed by atoms with Gasteiger partial charge < -0.3 is 4.98 Å². The maximum absolute atomic E-state index is 3.33. The average molecular weight is 329 g/mol. The van der Waals surface area contributed by atoms with Gasteiger partial charge in [-0.2, -0.15) is 42.0 Å². The van der Waals surface area contributed by atoms with Crippen LogP contribution in [0.5, 0.6) is 0 Å². The molecule has 1 atom stereocenters. The van der Waals surface area contributed by atoms with Gasteiger partial charge >= 0.3 is 17.1 Å². The van der Waals surface area contributed by atoms with Crippen LogP contribution in [-0.2, 0) is 17.1 Å². The molecular formula is C20H19FeN. The Labute approximate surface area is 142 Å². The van der Waals surface area contributed by atoms with Crippen molar-refractivity contribution in [2.75, 3.05) is 0 Å². The molecule has 0 amide bonds. The van der Waals surface area contributed by atoms with Gasteiger partial charge in [-0.05, 0) is 17.5 Å². The molecule has 0 saturated heterocycles. The average Bonchev–Trinajstić information content (AvgIpc) is 3.28. The SMILES string of the molecule is CC(c1cc[cH-]c1)c1c[nH]c2ccccc12.[Fe+2].c1cc[cH-]c1. The van der Waals surface area contributed by atoms with Crippen LogP contribution in [0.1, 0.15) is 24.0 Å². The number of hydrogen-bond acceptors (Lipinski definition) is 0. The van der Waals surface area contributed by atoms with Gasteiger partial charge in [0.15, 0.2) is 0 Å². The number of rotatable bonds is 2. The zero-order valence-corrected chi connectivity index (χ0v) is 13.6. The monoisotopic (exact) mass is 329 g/mol. The van der Waals surface area contributed by atoms with Gasteiger partial charge in [-0.25, -0.2) is 18.2 Å². The smallest absolute Gasteiger partial charge is 0.361 e. The number of aromatic nitrogens is 1. The number of para-hydroxylation sites is 1. The molecule has 4 rings (SSSR count). The maximum atomic E-state index is 3.33. The van der Waals surface area contributed by atoms with E-state index in [1.165, 1.54) is 22.0 Å². The fraction of sp³-hybridized carbons (Fsp3) is 0.100. The molecule has 1 unspecified atom stereocenters. The molecule has 0 fully saturated rings. The predicted octanol–water partition coefficient (Wildman–Crippen LogP) is 5.44. The van der Waals surface area contributed by atoms with Crippen LogP contribution in [0.2, 0.25) is 0 Å². The maximum Gasteiger partial charge on any atom is 2.00 e. The second-order valence-electron chi connectivity index (χ2n) is 5.19. The van der Waals surface area contributed by atoms with Gasteiger partial charge in [-0.15, -0.1) is 0 Å². The molecule has 4 aromatic rings. The van der Waals surface area contributed by atoms with Crippen molar-refractivity contribution >= 4 is 10.9 Å². The summed E-state index contributed by atoms with van der Waals surface area (Å²) < 4.78 is 0. The Balaban J connectivity index is 0.000000253. The number of nitrogens with one attached hydrogen (secondary N) is 1. The summed E-state index contributed by atoms with van der Waals surface area (Å²) in [4.78, 5) is 3.33. The van der Waals surface area contributed by atoms with Crippen LogP contribution in [0, 0.1) is 0 Å². The Hall–Kier alpha value is -2.02. The molecule has 1 N–H and O–H groups in total. The summed E-state index contributed by atoms with van der Waals surface area (Å²) >= 11 is 0. The Kier molecular flexibility index (Phi) is 5.83. The molecular weight excluding hydrogens is 310 g/mol. The minimum absolute atomic E-state index is 0. The fourth-order valence-corrected chi connectivity index (χ4v) is 2.63. The third kappa shape index (κ3) is 3.59. The summed E-state index contributed by atoms with van der Waals surface area (Å²) in [5.41, 5.74) is 3.97. The van der Waals surface area contributed by atoms with Crippen LogP contribution in [0.4, 0.5) is 0 Å². The minimum Gasteiger partial charge on any atom is -0.361 e. The third-order valence-corrected chi connectivity index (χ3v) is 3.83. The molecule has 2 heteroatoms. The van der Waals surface area contributed by atoms with Gasteiger partial charge in [-0.1, -0.05) is 25.1 Å². The van der Waals surface area contributed by atoms with Crippen LogP contribution in [-0.4, -0.2) is 4.98 Å². The van der Waals surface area contributed by atoms with E-state index in [0.717, 1.165) is 0 Å². The summed E-state index contributed by atoms with van der Waals surface area (Å²) in [5.74, 6) is 0.450. The molecule has 0 saturated carbocycles. The van der Waals surface area contributed by atoms with E-state index in [9.17, 15) is 0 Å². The molecule has 1 aromatic heterocycles. The van der Waals surface area contributed by atoms with Crippen molar-refractivity contribution in [2.24, 2.45) is 0 Å². The molecule has 0 aliphatic rings. The van der Waals surface area contributed by atoms with Crippen molar-refractivity contribution in [3.63, 3.8) is 0 Å². The fourth-order valence-electron chi connectivity index (χ4n) is 2.63. The summed E-state index contributed by atoms with van der Waals surface area (Å²) in [7, 11) is 0. The zero-order valence-electron chi connectivity index (χ0n) is 12.5. The Bertz CT molecular complexity index is 746. The van der Waals surface area contributed by atoms with Crippen LogP contribution in [0.3, 0.4) is 0 Å². The van der Waals surface area contributed by atoms with Gasteiger partial charge in [0.1, 0.15) is 0 Å². The number of aromatic amines is 1. The molecule has 3 aromatic carbocycles. The van der Waals surface area contributed by atoms with Crippen molar-refractivity contribution in [1.82, 2.24) is 4.98 Å². The Morgan fingerprint density at radius 2 is 1.68 bits per heavy atom.